The second-order valence-corrected chi connectivity index (χ2v) is 4.13. The molecule has 4 nitrogen and oxygen atoms in total. The van der Waals surface area contributed by atoms with Gasteiger partial charge in [-0.3, -0.25) is 0 Å². The van der Waals surface area contributed by atoms with Crippen molar-refractivity contribution in [1.82, 2.24) is 5.32 Å². The van der Waals surface area contributed by atoms with Crippen LogP contribution in [0.4, 0.5) is 8.78 Å². The Labute approximate surface area is 114 Å². The summed E-state index contributed by atoms with van der Waals surface area (Å²) in [5.74, 6) is -0.957. The first-order valence-electron chi connectivity index (χ1n) is 5.90. The van der Waals surface area contributed by atoms with Gasteiger partial charge in [-0.15, -0.1) is 0 Å². The van der Waals surface area contributed by atoms with E-state index in [4.69, 9.17) is 4.42 Å². The fourth-order valence-corrected chi connectivity index (χ4v) is 1.70. The highest BCUT2D eigenvalue weighted by Crippen LogP contribution is 2.11. The first kappa shape index (κ1) is 14.2. The zero-order chi connectivity index (χ0) is 14.5. The summed E-state index contributed by atoms with van der Waals surface area (Å²) >= 11 is 0. The standard InChI is InChI=1S/C14H13F2NO3/c1-19-14(18)10-5-12(20-8-10)7-17-6-9-4-11(15)2-3-13(9)16/h2-5,8,17H,6-7H2,1H3. The van der Waals surface area contributed by atoms with Gasteiger partial charge in [-0.25, -0.2) is 13.6 Å². The number of benzene rings is 1. The summed E-state index contributed by atoms with van der Waals surface area (Å²) in [4.78, 5) is 11.2. The largest absolute Gasteiger partial charge is 0.467 e. The normalized spacial score (nSPS) is 10.6. The summed E-state index contributed by atoms with van der Waals surface area (Å²) in [7, 11) is 1.28. The highest BCUT2D eigenvalue weighted by atomic mass is 19.1. The number of ether oxygens (including phenoxy) is 1. The lowest BCUT2D eigenvalue weighted by Gasteiger charge is -2.04. The molecule has 0 aliphatic carbocycles. The lowest BCUT2D eigenvalue weighted by atomic mass is 10.2. The fraction of sp³-hybridized carbons (Fsp3) is 0.214. The van der Waals surface area contributed by atoms with Gasteiger partial charge in [-0.05, 0) is 24.3 Å². The van der Waals surface area contributed by atoms with E-state index in [1.807, 2.05) is 0 Å². The van der Waals surface area contributed by atoms with Gasteiger partial charge >= 0.3 is 5.97 Å². The molecule has 0 bridgehead atoms. The van der Waals surface area contributed by atoms with Gasteiger partial charge in [-0.1, -0.05) is 0 Å². The molecule has 0 fully saturated rings. The molecule has 0 amide bonds. The Bertz CT molecular complexity index is 610. The molecule has 20 heavy (non-hydrogen) atoms. The molecule has 0 saturated carbocycles. The van der Waals surface area contributed by atoms with Gasteiger partial charge in [0.15, 0.2) is 0 Å². The average Bonchev–Trinajstić information content (AvgIpc) is 2.90. The van der Waals surface area contributed by atoms with Gasteiger partial charge in [0, 0.05) is 12.1 Å². The second-order valence-electron chi connectivity index (χ2n) is 4.13. The van der Waals surface area contributed by atoms with Crippen molar-refractivity contribution in [2.45, 2.75) is 13.1 Å². The van der Waals surface area contributed by atoms with Gasteiger partial charge in [-0.2, -0.15) is 0 Å². The Morgan fingerprint density at radius 2 is 2.10 bits per heavy atom. The van der Waals surface area contributed by atoms with E-state index in [1.54, 1.807) is 0 Å². The minimum absolute atomic E-state index is 0.151. The molecule has 2 aromatic rings. The minimum atomic E-state index is -0.492. The zero-order valence-electron chi connectivity index (χ0n) is 10.8. The molecule has 0 unspecified atom stereocenters. The lowest BCUT2D eigenvalue weighted by Crippen LogP contribution is -2.13. The Balaban J connectivity index is 1.91. The summed E-state index contributed by atoms with van der Waals surface area (Å²) in [5, 5.41) is 2.90. The van der Waals surface area contributed by atoms with E-state index in [1.165, 1.54) is 19.4 Å². The number of carbonyl (C=O) groups is 1. The average molecular weight is 281 g/mol. The van der Waals surface area contributed by atoms with Crippen LogP contribution in [0.15, 0.2) is 34.9 Å². The summed E-state index contributed by atoms with van der Waals surface area (Å²) in [6, 6.07) is 4.80. The highest BCUT2D eigenvalue weighted by molar-refractivity contribution is 5.88. The molecule has 2 rings (SSSR count). The Hall–Kier alpha value is -2.21. The van der Waals surface area contributed by atoms with E-state index < -0.39 is 17.6 Å². The van der Waals surface area contributed by atoms with Gasteiger partial charge in [0.2, 0.25) is 0 Å². The maximum atomic E-state index is 13.4. The maximum absolute atomic E-state index is 13.4. The Morgan fingerprint density at radius 3 is 2.85 bits per heavy atom. The zero-order valence-corrected chi connectivity index (χ0v) is 10.8. The third kappa shape index (κ3) is 3.42. The lowest BCUT2D eigenvalue weighted by molar-refractivity contribution is 0.0600. The van der Waals surface area contributed by atoms with Crippen LogP contribution in [0.1, 0.15) is 21.7 Å². The molecule has 1 aromatic heterocycles. The summed E-state index contributed by atoms with van der Waals surface area (Å²) in [5.41, 5.74) is 0.533. The summed E-state index contributed by atoms with van der Waals surface area (Å²) < 4.78 is 36.0. The van der Waals surface area contributed by atoms with Gasteiger partial charge in [0.05, 0.1) is 19.2 Å². The van der Waals surface area contributed by atoms with Crippen LogP contribution in [0, 0.1) is 11.6 Å². The van der Waals surface area contributed by atoms with Gasteiger partial charge in [0.25, 0.3) is 0 Å². The van der Waals surface area contributed by atoms with Crippen LogP contribution >= 0.6 is 0 Å². The molecule has 1 N–H and O–H groups in total. The van der Waals surface area contributed by atoms with Crippen LogP contribution in [-0.2, 0) is 17.8 Å². The van der Waals surface area contributed by atoms with Crippen molar-refractivity contribution in [1.29, 1.82) is 0 Å². The first-order chi connectivity index (χ1) is 9.60. The number of methoxy groups -OCH3 is 1. The molecule has 0 aliphatic heterocycles. The monoisotopic (exact) mass is 281 g/mol. The summed E-state index contributed by atoms with van der Waals surface area (Å²) in [6.07, 6.45) is 1.28. The molecule has 0 atom stereocenters. The molecule has 0 spiro atoms. The van der Waals surface area contributed by atoms with Crippen molar-refractivity contribution in [2.24, 2.45) is 0 Å². The topological polar surface area (TPSA) is 51.5 Å². The third-order valence-corrected chi connectivity index (χ3v) is 2.70. The van der Waals surface area contributed by atoms with Gasteiger partial charge < -0.3 is 14.5 Å². The molecule has 1 heterocycles. The Kier molecular flexibility index (Phi) is 4.47. The van der Waals surface area contributed by atoms with Crippen LogP contribution in [-0.4, -0.2) is 13.1 Å². The van der Waals surface area contributed by atoms with Crippen LogP contribution in [0.3, 0.4) is 0 Å². The highest BCUT2D eigenvalue weighted by Gasteiger charge is 2.10. The van der Waals surface area contributed by atoms with Gasteiger partial charge in [0.1, 0.15) is 23.7 Å². The van der Waals surface area contributed by atoms with E-state index in [9.17, 15) is 13.6 Å². The fourth-order valence-electron chi connectivity index (χ4n) is 1.70. The maximum Gasteiger partial charge on any atom is 0.341 e. The van der Waals surface area contributed by atoms with E-state index in [0.717, 1.165) is 18.2 Å². The SMILES string of the molecule is COC(=O)c1coc(CNCc2cc(F)ccc2F)c1. The van der Waals surface area contributed by atoms with Crippen LogP contribution in [0.25, 0.3) is 0 Å². The van der Waals surface area contributed by atoms with E-state index in [-0.39, 0.29) is 18.7 Å². The number of esters is 1. The van der Waals surface area contributed by atoms with Crippen molar-refractivity contribution >= 4 is 5.97 Å². The van der Waals surface area contributed by atoms with E-state index in [2.05, 4.69) is 10.1 Å². The molecule has 1 aromatic carbocycles. The molecule has 0 radical (unpaired) electrons. The quantitative estimate of drug-likeness (QED) is 0.856. The number of hydrogen-bond donors (Lipinski definition) is 1. The van der Waals surface area contributed by atoms with Crippen molar-refractivity contribution in [3.63, 3.8) is 0 Å². The van der Waals surface area contributed by atoms with Crippen LogP contribution in [0.5, 0.6) is 0 Å². The van der Waals surface area contributed by atoms with Crippen molar-refractivity contribution in [2.75, 3.05) is 7.11 Å². The molecule has 0 aliphatic rings. The van der Waals surface area contributed by atoms with E-state index in [0.29, 0.717) is 11.3 Å². The number of halogens is 2. The minimum Gasteiger partial charge on any atom is -0.467 e. The van der Waals surface area contributed by atoms with Crippen molar-refractivity contribution < 1.29 is 22.7 Å². The first-order valence-corrected chi connectivity index (χ1v) is 5.90. The van der Waals surface area contributed by atoms with Crippen LogP contribution < -0.4 is 5.32 Å². The Morgan fingerprint density at radius 1 is 1.30 bits per heavy atom. The number of furan rings is 1. The second kappa shape index (κ2) is 6.29. The predicted octanol–water partition coefficient (Wildman–Crippen LogP) is 2.63. The molecular formula is C14H13F2NO3. The number of carbonyl (C=O) groups excluding carboxylic acids is 1. The number of hydrogen-bond acceptors (Lipinski definition) is 4. The number of nitrogens with one attached hydrogen (secondary N) is 1. The van der Waals surface area contributed by atoms with Crippen molar-refractivity contribution in [3.05, 3.63) is 59.1 Å². The molecule has 106 valence electrons. The third-order valence-electron chi connectivity index (χ3n) is 2.70. The molecular weight excluding hydrogens is 268 g/mol. The number of rotatable bonds is 5. The summed E-state index contributed by atoms with van der Waals surface area (Å²) in [6.45, 7) is 0.435. The molecule has 6 heteroatoms. The predicted molar refractivity (Wildman–Crippen MR) is 66.9 cm³/mol. The smallest absolute Gasteiger partial charge is 0.341 e. The molecule has 0 saturated heterocycles. The van der Waals surface area contributed by atoms with E-state index >= 15 is 0 Å². The van der Waals surface area contributed by atoms with Crippen LogP contribution in [0.2, 0.25) is 0 Å². The van der Waals surface area contributed by atoms with Crippen molar-refractivity contribution in [3.8, 4) is 0 Å².